The lowest BCUT2D eigenvalue weighted by Gasteiger charge is -2.05. The first-order chi connectivity index (χ1) is 8.81. The van der Waals surface area contributed by atoms with Crippen LogP contribution in [0.2, 0.25) is 0 Å². The number of nitrogens with zero attached hydrogens (tertiary/aromatic N) is 3. The molecule has 1 aliphatic heterocycles. The summed E-state index contributed by atoms with van der Waals surface area (Å²) in [4.78, 5) is 4.37. The molecular formula is C13H14IN3O. The van der Waals surface area contributed by atoms with E-state index in [2.05, 4.69) is 56.9 Å². The van der Waals surface area contributed by atoms with Gasteiger partial charge in [-0.2, -0.15) is 5.10 Å². The summed E-state index contributed by atoms with van der Waals surface area (Å²) >= 11 is 2.29. The van der Waals surface area contributed by atoms with Gasteiger partial charge in [0.2, 0.25) is 0 Å². The fourth-order valence-corrected chi connectivity index (χ4v) is 2.47. The molecule has 1 aromatic carbocycles. The molecule has 94 valence electrons. The van der Waals surface area contributed by atoms with Crippen molar-refractivity contribution in [3.8, 4) is 11.4 Å². The van der Waals surface area contributed by atoms with Gasteiger partial charge in [0, 0.05) is 28.2 Å². The van der Waals surface area contributed by atoms with Crippen LogP contribution in [0.3, 0.4) is 0 Å². The van der Waals surface area contributed by atoms with Crippen LogP contribution in [-0.2, 0) is 11.3 Å². The Labute approximate surface area is 120 Å². The largest absolute Gasteiger partial charge is 0.381 e. The number of rotatable bonds is 3. The van der Waals surface area contributed by atoms with Crippen LogP contribution in [0, 0.1) is 9.49 Å². The zero-order valence-electron chi connectivity index (χ0n) is 9.92. The lowest BCUT2D eigenvalue weighted by atomic mass is 10.1. The topological polar surface area (TPSA) is 39.9 Å². The third-order valence-electron chi connectivity index (χ3n) is 3.11. The normalized spacial score (nSPS) is 19.3. The van der Waals surface area contributed by atoms with E-state index in [4.69, 9.17) is 4.74 Å². The van der Waals surface area contributed by atoms with Crippen molar-refractivity contribution in [2.75, 3.05) is 13.2 Å². The average Bonchev–Trinajstić information content (AvgIpc) is 3.02. The fourth-order valence-electron chi connectivity index (χ4n) is 2.11. The van der Waals surface area contributed by atoms with Crippen molar-refractivity contribution >= 4 is 22.6 Å². The molecule has 0 aliphatic carbocycles. The molecule has 0 amide bonds. The monoisotopic (exact) mass is 355 g/mol. The maximum Gasteiger partial charge on any atom is 0.181 e. The summed E-state index contributed by atoms with van der Waals surface area (Å²) in [5, 5.41) is 4.52. The summed E-state index contributed by atoms with van der Waals surface area (Å²) in [6.45, 7) is 2.62. The highest BCUT2D eigenvalue weighted by Gasteiger charge is 2.16. The van der Waals surface area contributed by atoms with Crippen molar-refractivity contribution in [3.63, 3.8) is 0 Å². The molecule has 3 rings (SSSR count). The molecule has 2 heterocycles. The molecule has 1 aromatic heterocycles. The van der Waals surface area contributed by atoms with Gasteiger partial charge in [0.1, 0.15) is 6.33 Å². The summed E-state index contributed by atoms with van der Waals surface area (Å²) in [5.41, 5.74) is 1.07. The standard InChI is InChI=1S/C13H14IN3O/c14-12-3-1-11(2-4-12)13-15-9-17(16-13)7-10-5-6-18-8-10/h1-4,9-10H,5-8H2. The zero-order chi connectivity index (χ0) is 12.4. The highest BCUT2D eigenvalue weighted by atomic mass is 127. The average molecular weight is 355 g/mol. The zero-order valence-corrected chi connectivity index (χ0v) is 12.1. The minimum atomic E-state index is 0.580. The third kappa shape index (κ3) is 2.72. The predicted octanol–water partition coefficient (Wildman–Crippen LogP) is 2.59. The Kier molecular flexibility index (Phi) is 3.60. The molecule has 0 saturated carbocycles. The van der Waals surface area contributed by atoms with Gasteiger partial charge in [-0.1, -0.05) is 12.1 Å². The summed E-state index contributed by atoms with van der Waals surface area (Å²) in [6, 6.07) is 8.25. The van der Waals surface area contributed by atoms with Crippen LogP contribution in [0.5, 0.6) is 0 Å². The Morgan fingerprint density at radius 2 is 2.17 bits per heavy atom. The highest BCUT2D eigenvalue weighted by molar-refractivity contribution is 14.1. The number of aromatic nitrogens is 3. The van der Waals surface area contributed by atoms with Gasteiger partial charge in [-0.25, -0.2) is 4.98 Å². The SMILES string of the molecule is Ic1ccc(-c2ncn(CC3CCOC3)n2)cc1. The third-order valence-corrected chi connectivity index (χ3v) is 3.83. The predicted molar refractivity (Wildman–Crippen MR) is 77.1 cm³/mol. The second-order valence-corrected chi connectivity index (χ2v) is 5.77. The van der Waals surface area contributed by atoms with E-state index < -0.39 is 0 Å². The van der Waals surface area contributed by atoms with Crippen molar-refractivity contribution in [1.29, 1.82) is 0 Å². The van der Waals surface area contributed by atoms with Gasteiger partial charge in [0.15, 0.2) is 5.82 Å². The van der Waals surface area contributed by atoms with Crippen LogP contribution in [0.1, 0.15) is 6.42 Å². The molecule has 2 aromatic rings. The molecule has 1 fully saturated rings. The van der Waals surface area contributed by atoms with Crippen LogP contribution < -0.4 is 0 Å². The second kappa shape index (κ2) is 5.36. The van der Waals surface area contributed by atoms with E-state index in [0.29, 0.717) is 5.92 Å². The number of benzene rings is 1. The molecule has 1 aliphatic rings. The van der Waals surface area contributed by atoms with Gasteiger partial charge in [-0.05, 0) is 41.1 Å². The number of hydrogen-bond acceptors (Lipinski definition) is 3. The first-order valence-corrected chi connectivity index (χ1v) is 7.12. The van der Waals surface area contributed by atoms with Crippen molar-refractivity contribution in [1.82, 2.24) is 14.8 Å². The summed E-state index contributed by atoms with van der Waals surface area (Å²) in [7, 11) is 0. The minimum absolute atomic E-state index is 0.580. The van der Waals surface area contributed by atoms with E-state index in [1.165, 1.54) is 3.57 Å². The van der Waals surface area contributed by atoms with E-state index in [9.17, 15) is 0 Å². The Balaban J connectivity index is 1.74. The van der Waals surface area contributed by atoms with Crippen LogP contribution in [0.15, 0.2) is 30.6 Å². The summed E-state index contributed by atoms with van der Waals surface area (Å²) in [5.74, 6) is 1.38. The van der Waals surface area contributed by atoms with E-state index in [1.807, 2.05) is 11.0 Å². The van der Waals surface area contributed by atoms with Crippen LogP contribution in [0.25, 0.3) is 11.4 Å². The molecule has 0 bridgehead atoms. The van der Waals surface area contributed by atoms with Gasteiger partial charge in [-0.3, -0.25) is 4.68 Å². The Bertz CT molecular complexity index is 517. The Morgan fingerprint density at radius 3 is 2.89 bits per heavy atom. The summed E-state index contributed by atoms with van der Waals surface area (Å²) < 4.78 is 8.52. The fraction of sp³-hybridized carbons (Fsp3) is 0.385. The van der Waals surface area contributed by atoms with Crippen molar-refractivity contribution < 1.29 is 4.74 Å². The van der Waals surface area contributed by atoms with Crippen LogP contribution >= 0.6 is 22.6 Å². The quantitative estimate of drug-likeness (QED) is 0.795. The molecule has 0 radical (unpaired) electrons. The molecule has 18 heavy (non-hydrogen) atoms. The number of halogens is 1. The first kappa shape index (κ1) is 12.1. The Morgan fingerprint density at radius 1 is 1.33 bits per heavy atom. The maximum absolute atomic E-state index is 5.37. The van der Waals surface area contributed by atoms with Gasteiger partial charge in [-0.15, -0.1) is 0 Å². The molecule has 0 N–H and O–H groups in total. The number of hydrogen-bond donors (Lipinski definition) is 0. The molecule has 0 spiro atoms. The van der Waals surface area contributed by atoms with Gasteiger partial charge < -0.3 is 4.74 Å². The lowest BCUT2D eigenvalue weighted by Crippen LogP contribution is -2.10. The molecule has 1 atom stereocenters. The lowest BCUT2D eigenvalue weighted by molar-refractivity contribution is 0.181. The molecular weight excluding hydrogens is 341 g/mol. The van der Waals surface area contributed by atoms with E-state index in [-0.39, 0.29) is 0 Å². The number of ether oxygens (including phenoxy) is 1. The maximum atomic E-state index is 5.37. The molecule has 1 saturated heterocycles. The Hall–Kier alpha value is -0.950. The van der Waals surface area contributed by atoms with Crippen LogP contribution in [0.4, 0.5) is 0 Å². The second-order valence-electron chi connectivity index (χ2n) is 4.53. The summed E-state index contributed by atoms with van der Waals surface area (Å²) in [6.07, 6.45) is 2.93. The van der Waals surface area contributed by atoms with E-state index in [1.54, 1.807) is 0 Å². The molecule has 1 unspecified atom stereocenters. The van der Waals surface area contributed by atoms with Gasteiger partial charge >= 0.3 is 0 Å². The molecule has 5 heteroatoms. The van der Waals surface area contributed by atoms with E-state index in [0.717, 1.165) is 37.6 Å². The molecule has 4 nitrogen and oxygen atoms in total. The van der Waals surface area contributed by atoms with Crippen molar-refractivity contribution in [3.05, 3.63) is 34.2 Å². The smallest absolute Gasteiger partial charge is 0.181 e. The van der Waals surface area contributed by atoms with Gasteiger partial charge in [0.25, 0.3) is 0 Å². The van der Waals surface area contributed by atoms with E-state index >= 15 is 0 Å². The minimum Gasteiger partial charge on any atom is -0.381 e. The van der Waals surface area contributed by atoms with Gasteiger partial charge in [0.05, 0.1) is 6.61 Å². The van der Waals surface area contributed by atoms with Crippen molar-refractivity contribution in [2.45, 2.75) is 13.0 Å². The van der Waals surface area contributed by atoms with Crippen LogP contribution in [-0.4, -0.2) is 28.0 Å². The highest BCUT2D eigenvalue weighted by Crippen LogP contribution is 2.18. The first-order valence-electron chi connectivity index (χ1n) is 6.04. The van der Waals surface area contributed by atoms with Crippen molar-refractivity contribution in [2.24, 2.45) is 5.92 Å².